The van der Waals surface area contributed by atoms with Crippen molar-refractivity contribution in [2.45, 2.75) is 32.9 Å². The van der Waals surface area contributed by atoms with Crippen molar-refractivity contribution in [3.05, 3.63) is 0 Å². The third-order valence-electron chi connectivity index (χ3n) is 5.98. The normalized spacial score (nSPS) is 24.4. The third-order valence-corrected chi connectivity index (χ3v) is 11.1. The van der Waals surface area contributed by atoms with Gasteiger partial charge in [-0.25, -0.2) is 4.74 Å². The molecule has 0 spiro atoms. The molecule has 0 radical (unpaired) electrons. The number of thiocarbonyl (C=S) groups is 1. The molecule has 3 aliphatic heterocycles. The maximum absolute atomic E-state index is 5.96. The van der Waals surface area contributed by atoms with E-state index >= 15 is 0 Å². The van der Waals surface area contributed by atoms with Crippen LogP contribution in [-0.2, 0) is 9.47 Å². The van der Waals surface area contributed by atoms with E-state index in [0.717, 1.165) is 90.4 Å². The molecule has 9 heteroatoms. The lowest BCUT2D eigenvalue weighted by molar-refractivity contribution is 0.0550. The first-order valence-electron chi connectivity index (χ1n) is 10.7. The Morgan fingerprint density at radius 3 is 1.71 bits per heavy atom. The quantitative estimate of drug-likeness (QED) is 0.502. The maximum atomic E-state index is 5.96. The molecular formula is C19H38N5O2PS. The topological polar surface area (TPSA) is 43.8 Å². The maximum Gasteiger partial charge on any atom is 0.196 e. The van der Waals surface area contributed by atoms with Crippen LogP contribution < -0.4 is 0 Å². The first-order chi connectivity index (χ1) is 13.4. The molecule has 0 atom stereocenters. The summed E-state index contributed by atoms with van der Waals surface area (Å²) in [7, 11) is -2.04. The van der Waals surface area contributed by atoms with E-state index in [-0.39, 0.29) is 5.16 Å². The van der Waals surface area contributed by atoms with Crippen molar-refractivity contribution in [3.8, 4) is 0 Å². The first kappa shape index (κ1) is 22.6. The smallest absolute Gasteiger partial charge is 0.196 e. The van der Waals surface area contributed by atoms with Crippen LogP contribution in [-0.4, -0.2) is 115 Å². The van der Waals surface area contributed by atoms with Crippen molar-refractivity contribution in [3.63, 3.8) is 0 Å². The van der Waals surface area contributed by atoms with E-state index in [1.165, 1.54) is 0 Å². The molecule has 3 fully saturated rings. The third kappa shape index (κ3) is 4.80. The lowest BCUT2D eigenvalue weighted by Gasteiger charge is -2.53. The summed E-state index contributed by atoms with van der Waals surface area (Å²) in [6, 6.07) is 0. The minimum absolute atomic E-state index is 0.0109. The van der Waals surface area contributed by atoms with Gasteiger partial charge >= 0.3 is 0 Å². The molecule has 0 aromatic rings. The standard InChI is InChI=1S/C19H38N5O2PS/c1-5-21-6-8-22(9-7-21)18(28)20-27(19(2,3)4,23-10-14-25-15-11-23)24-12-16-26-17-13-24/h5-17H2,1-4H3. The Bertz CT molecular complexity index is 555. The van der Waals surface area contributed by atoms with Gasteiger partial charge in [-0.15, -0.1) is 0 Å². The van der Waals surface area contributed by atoms with Gasteiger partial charge in [0.2, 0.25) is 0 Å². The zero-order valence-electron chi connectivity index (χ0n) is 18.1. The molecule has 0 unspecified atom stereocenters. The second-order valence-electron chi connectivity index (χ2n) is 8.68. The minimum Gasteiger partial charge on any atom is -0.379 e. The highest BCUT2D eigenvalue weighted by Gasteiger charge is 2.46. The number of ether oxygens (including phenoxy) is 2. The molecule has 3 rings (SSSR count). The van der Waals surface area contributed by atoms with Gasteiger partial charge in [0.1, 0.15) is 7.36 Å². The molecule has 0 aliphatic carbocycles. The summed E-state index contributed by atoms with van der Waals surface area (Å²) in [5, 5.41) is 0.814. The summed E-state index contributed by atoms with van der Waals surface area (Å²) >= 11 is 5.96. The number of hydrogen-bond donors (Lipinski definition) is 0. The average Bonchev–Trinajstić information content (AvgIpc) is 2.72. The lowest BCUT2D eigenvalue weighted by atomic mass is 10.3. The van der Waals surface area contributed by atoms with Gasteiger partial charge in [0, 0.05) is 57.5 Å². The zero-order valence-corrected chi connectivity index (χ0v) is 19.8. The number of nitrogens with zero attached hydrogens (tertiary/aromatic N) is 5. The van der Waals surface area contributed by atoms with Gasteiger partial charge in [-0.3, -0.25) is 9.34 Å². The van der Waals surface area contributed by atoms with Crippen LogP contribution in [0, 0.1) is 0 Å². The van der Waals surface area contributed by atoms with Crippen molar-refractivity contribution >= 4 is 24.7 Å². The Balaban J connectivity index is 1.96. The minimum atomic E-state index is -2.04. The highest BCUT2D eigenvalue weighted by atomic mass is 32.1. The SMILES string of the molecule is CCN1CCN(C(=S)N=P(N2CCOCC2)(N2CCOCC2)C(C)(C)C)CC1. The summed E-state index contributed by atoms with van der Waals surface area (Å²) in [4.78, 5) is 4.80. The van der Waals surface area contributed by atoms with Crippen molar-refractivity contribution < 1.29 is 9.47 Å². The fourth-order valence-electron chi connectivity index (χ4n) is 4.41. The van der Waals surface area contributed by atoms with Gasteiger partial charge in [0.25, 0.3) is 0 Å². The van der Waals surface area contributed by atoms with E-state index in [2.05, 4.69) is 46.8 Å². The Kier molecular flexibility index (Phi) is 7.93. The zero-order chi connectivity index (χ0) is 20.2. The van der Waals surface area contributed by atoms with Crippen LogP contribution in [0.5, 0.6) is 0 Å². The number of piperazine rings is 1. The van der Waals surface area contributed by atoms with E-state index in [9.17, 15) is 0 Å². The summed E-state index contributed by atoms with van der Waals surface area (Å²) in [6.45, 7) is 21.3. The van der Waals surface area contributed by atoms with Crippen LogP contribution >= 0.6 is 19.6 Å². The number of hydrogen-bond acceptors (Lipinski definition) is 4. The fraction of sp³-hybridized carbons (Fsp3) is 0.947. The Morgan fingerprint density at radius 2 is 1.32 bits per heavy atom. The largest absolute Gasteiger partial charge is 0.379 e. The molecule has 0 amide bonds. The molecule has 3 heterocycles. The van der Waals surface area contributed by atoms with Crippen LogP contribution in [0.15, 0.2) is 4.74 Å². The molecule has 0 bridgehead atoms. The van der Waals surface area contributed by atoms with Crippen LogP contribution in [0.2, 0.25) is 0 Å². The van der Waals surface area contributed by atoms with E-state index in [1.807, 2.05) is 0 Å². The van der Waals surface area contributed by atoms with Gasteiger partial charge in [-0.2, -0.15) is 0 Å². The Hall–Kier alpha value is -0.0800. The molecule has 3 aliphatic rings. The fourth-order valence-corrected chi connectivity index (χ4v) is 9.35. The highest BCUT2D eigenvalue weighted by Crippen LogP contribution is 2.66. The molecule has 0 aromatic carbocycles. The van der Waals surface area contributed by atoms with Crippen molar-refractivity contribution in [2.24, 2.45) is 4.74 Å². The van der Waals surface area contributed by atoms with Crippen molar-refractivity contribution in [2.75, 3.05) is 85.3 Å². The second kappa shape index (κ2) is 9.82. The van der Waals surface area contributed by atoms with Crippen LogP contribution in [0.3, 0.4) is 0 Å². The summed E-state index contributed by atoms with van der Waals surface area (Å²) in [5.74, 6) is 0. The van der Waals surface area contributed by atoms with E-state index < -0.39 is 7.36 Å². The van der Waals surface area contributed by atoms with Gasteiger partial charge in [-0.05, 0) is 18.8 Å². The Morgan fingerprint density at radius 1 is 0.857 bits per heavy atom. The monoisotopic (exact) mass is 431 g/mol. The van der Waals surface area contributed by atoms with Crippen LogP contribution in [0.25, 0.3) is 0 Å². The molecule has 162 valence electrons. The van der Waals surface area contributed by atoms with E-state index in [1.54, 1.807) is 0 Å². The van der Waals surface area contributed by atoms with Crippen molar-refractivity contribution in [1.82, 2.24) is 19.1 Å². The molecule has 3 saturated heterocycles. The van der Waals surface area contributed by atoms with Crippen LogP contribution in [0.4, 0.5) is 0 Å². The molecular weight excluding hydrogens is 393 g/mol. The molecule has 0 aromatic heterocycles. The van der Waals surface area contributed by atoms with Gasteiger partial charge in [0.05, 0.1) is 26.4 Å². The highest BCUT2D eigenvalue weighted by molar-refractivity contribution is 7.81. The molecule has 0 N–H and O–H groups in total. The van der Waals surface area contributed by atoms with Crippen molar-refractivity contribution in [1.29, 1.82) is 0 Å². The van der Waals surface area contributed by atoms with Gasteiger partial charge in [0.15, 0.2) is 5.11 Å². The van der Waals surface area contributed by atoms with E-state index in [0.29, 0.717) is 0 Å². The molecule has 0 saturated carbocycles. The first-order valence-corrected chi connectivity index (χ1v) is 12.7. The summed E-state index contributed by atoms with van der Waals surface area (Å²) < 4.78 is 22.1. The number of rotatable bonds is 3. The van der Waals surface area contributed by atoms with Gasteiger partial charge in [-0.1, -0.05) is 27.7 Å². The van der Waals surface area contributed by atoms with Crippen LogP contribution in [0.1, 0.15) is 27.7 Å². The summed E-state index contributed by atoms with van der Waals surface area (Å²) in [5.41, 5.74) is 0. The van der Waals surface area contributed by atoms with Gasteiger partial charge < -0.3 is 19.3 Å². The molecule has 28 heavy (non-hydrogen) atoms. The average molecular weight is 432 g/mol. The summed E-state index contributed by atoms with van der Waals surface area (Å²) in [6.07, 6.45) is 0. The predicted molar refractivity (Wildman–Crippen MR) is 120 cm³/mol. The Labute approximate surface area is 176 Å². The second-order valence-corrected chi connectivity index (χ2v) is 12.8. The van der Waals surface area contributed by atoms with E-state index in [4.69, 9.17) is 26.4 Å². The predicted octanol–water partition coefficient (Wildman–Crippen LogP) is 2.40. The lowest BCUT2D eigenvalue weighted by Crippen LogP contribution is -2.50. The number of morpholine rings is 2. The number of likely N-dealkylation sites (N-methyl/N-ethyl adjacent to an activating group) is 1. The molecule has 7 nitrogen and oxygen atoms in total.